The lowest BCUT2D eigenvalue weighted by atomic mass is 10.0. The number of anilines is 2. The molecule has 6 nitrogen and oxygen atoms in total. The molecular formula is C22H24N2O4. The average molecular weight is 380 g/mol. The van der Waals surface area contributed by atoms with Crippen LogP contribution in [0.1, 0.15) is 42.1 Å². The van der Waals surface area contributed by atoms with Crippen molar-refractivity contribution in [3.63, 3.8) is 0 Å². The largest absolute Gasteiger partial charge is 0.465 e. The van der Waals surface area contributed by atoms with Gasteiger partial charge in [-0.1, -0.05) is 38.1 Å². The maximum atomic E-state index is 12.6. The highest BCUT2D eigenvalue weighted by molar-refractivity contribution is 6.07. The summed E-state index contributed by atoms with van der Waals surface area (Å²) in [6.07, 6.45) is 0.103. The van der Waals surface area contributed by atoms with E-state index in [2.05, 4.69) is 19.2 Å². The zero-order chi connectivity index (χ0) is 20.3. The van der Waals surface area contributed by atoms with Crippen LogP contribution in [-0.4, -0.2) is 31.4 Å². The summed E-state index contributed by atoms with van der Waals surface area (Å²) in [6, 6.07) is 14.5. The molecule has 1 unspecified atom stereocenters. The van der Waals surface area contributed by atoms with Crippen LogP contribution >= 0.6 is 0 Å². The molecule has 0 bridgehead atoms. The zero-order valence-corrected chi connectivity index (χ0v) is 16.3. The van der Waals surface area contributed by atoms with Crippen molar-refractivity contribution in [1.29, 1.82) is 0 Å². The summed E-state index contributed by atoms with van der Waals surface area (Å²) in [5, 5.41) is 2.88. The molecule has 1 heterocycles. The van der Waals surface area contributed by atoms with Crippen molar-refractivity contribution in [3.05, 3.63) is 59.7 Å². The first kappa shape index (κ1) is 19.6. The van der Waals surface area contributed by atoms with Gasteiger partial charge in [-0.25, -0.2) is 4.79 Å². The Balaban J connectivity index is 1.72. The minimum absolute atomic E-state index is 0.103. The summed E-state index contributed by atoms with van der Waals surface area (Å²) in [4.78, 5) is 38.6. The first-order chi connectivity index (χ1) is 13.4. The van der Waals surface area contributed by atoms with Gasteiger partial charge in [0.1, 0.15) is 0 Å². The third-order valence-corrected chi connectivity index (χ3v) is 4.94. The minimum Gasteiger partial charge on any atom is -0.465 e. The van der Waals surface area contributed by atoms with E-state index in [0.717, 1.165) is 0 Å². The highest BCUT2D eigenvalue weighted by Gasteiger charge is 2.36. The zero-order valence-electron chi connectivity index (χ0n) is 16.3. The fourth-order valence-electron chi connectivity index (χ4n) is 3.30. The molecule has 2 aromatic rings. The van der Waals surface area contributed by atoms with Crippen LogP contribution in [0, 0.1) is 5.92 Å². The molecule has 0 aliphatic carbocycles. The Morgan fingerprint density at radius 2 is 1.79 bits per heavy atom. The Bertz CT molecular complexity index is 890. The lowest BCUT2D eigenvalue weighted by Gasteiger charge is -2.19. The predicted molar refractivity (Wildman–Crippen MR) is 107 cm³/mol. The molecule has 1 atom stereocenters. The van der Waals surface area contributed by atoms with Crippen molar-refractivity contribution in [2.24, 2.45) is 5.92 Å². The molecular weight excluding hydrogens is 356 g/mol. The summed E-state index contributed by atoms with van der Waals surface area (Å²) in [6.45, 7) is 4.44. The predicted octanol–water partition coefficient (Wildman–Crippen LogP) is 3.59. The summed E-state index contributed by atoms with van der Waals surface area (Å²) in [5.41, 5.74) is 2.68. The normalized spacial score (nSPS) is 16.4. The molecule has 0 radical (unpaired) electrons. The van der Waals surface area contributed by atoms with Crippen LogP contribution in [0.15, 0.2) is 48.5 Å². The molecule has 2 amide bonds. The van der Waals surface area contributed by atoms with E-state index in [1.54, 1.807) is 24.3 Å². The summed E-state index contributed by atoms with van der Waals surface area (Å²) >= 11 is 0. The van der Waals surface area contributed by atoms with Gasteiger partial charge in [0.25, 0.3) is 0 Å². The van der Waals surface area contributed by atoms with E-state index in [4.69, 9.17) is 4.74 Å². The number of carbonyl (C=O) groups excluding carboxylic acids is 3. The Morgan fingerprint density at radius 3 is 2.43 bits per heavy atom. The maximum absolute atomic E-state index is 12.6. The smallest absolute Gasteiger partial charge is 0.339 e. The van der Waals surface area contributed by atoms with E-state index in [-0.39, 0.29) is 24.8 Å². The number of ether oxygens (including phenoxy) is 1. The first-order valence-corrected chi connectivity index (χ1v) is 9.29. The monoisotopic (exact) mass is 380 g/mol. The van der Waals surface area contributed by atoms with Gasteiger partial charge in [0.15, 0.2) is 0 Å². The number of methoxy groups -OCH3 is 1. The number of esters is 1. The van der Waals surface area contributed by atoms with Gasteiger partial charge in [0.2, 0.25) is 11.8 Å². The maximum Gasteiger partial charge on any atom is 0.339 e. The number of amides is 2. The van der Waals surface area contributed by atoms with Crippen LogP contribution in [0.5, 0.6) is 0 Å². The lowest BCUT2D eigenvalue weighted by molar-refractivity contribution is -0.122. The van der Waals surface area contributed by atoms with Crippen LogP contribution in [0.25, 0.3) is 0 Å². The highest BCUT2D eigenvalue weighted by atomic mass is 16.5. The molecule has 0 spiro atoms. The van der Waals surface area contributed by atoms with Crippen LogP contribution in [-0.2, 0) is 14.3 Å². The quantitative estimate of drug-likeness (QED) is 0.805. The van der Waals surface area contributed by atoms with E-state index in [0.29, 0.717) is 22.9 Å². The van der Waals surface area contributed by atoms with E-state index in [1.165, 1.54) is 17.6 Å². The standard InChI is InChI=1S/C22H24N2O4/c1-14(2)15-8-10-17(11-9-15)23-21(26)16-12-20(25)24(13-16)19-7-5-4-6-18(19)22(27)28-3/h4-11,14,16H,12-13H2,1-3H3,(H,23,26). The second-order valence-electron chi connectivity index (χ2n) is 7.18. The van der Waals surface area contributed by atoms with Crippen molar-refractivity contribution >= 4 is 29.2 Å². The summed E-state index contributed by atoms with van der Waals surface area (Å²) in [5.74, 6) is -0.972. The van der Waals surface area contributed by atoms with Gasteiger partial charge in [-0.2, -0.15) is 0 Å². The molecule has 6 heteroatoms. The van der Waals surface area contributed by atoms with Crippen molar-refractivity contribution in [3.8, 4) is 0 Å². The molecule has 1 N–H and O–H groups in total. The van der Waals surface area contributed by atoms with Gasteiger partial charge < -0.3 is 15.0 Å². The summed E-state index contributed by atoms with van der Waals surface area (Å²) < 4.78 is 4.80. The number of carbonyl (C=O) groups is 3. The topological polar surface area (TPSA) is 75.7 Å². The van der Waals surface area contributed by atoms with Crippen molar-refractivity contribution in [2.45, 2.75) is 26.2 Å². The molecule has 0 aromatic heterocycles. The highest BCUT2D eigenvalue weighted by Crippen LogP contribution is 2.29. The number of para-hydroxylation sites is 1. The third-order valence-electron chi connectivity index (χ3n) is 4.94. The lowest BCUT2D eigenvalue weighted by Crippen LogP contribution is -2.29. The number of rotatable bonds is 5. The van der Waals surface area contributed by atoms with Gasteiger partial charge in [0.05, 0.1) is 24.3 Å². The SMILES string of the molecule is COC(=O)c1ccccc1N1CC(C(=O)Nc2ccc(C(C)C)cc2)CC1=O. The number of benzene rings is 2. The van der Waals surface area contributed by atoms with Crippen LogP contribution in [0.4, 0.5) is 11.4 Å². The minimum atomic E-state index is -0.512. The molecule has 1 aliphatic rings. The van der Waals surface area contributed by atoms with Gasteiger partial charge in [0, 0.05) is 18.7 Å². The van der Waals surface area contributed by atoms with Crippen molar-refractivity contribution < 1.29 is 19.1 Å². The van der Waals surface area contributed by atoms with E-state index in [9.17, 15) is 14.4 Å². The van der Waals surface area contributed by atoms with E-state index in [1.807, 2.05) is 24.3 Å². The second kappa shape index (κ2) is 8.25. The Kier molecular flexibility index (Phi) is 5.78. The molecule has 1 fully saturated rings. The Labute approximate surface area is 164 Å². The fraction of sp³-hybridized carbons (Fsp3) is 0.318. The van der Waals surface area contributed by atoms with Crippen molar-refractivity contribution in [2.75, 3.05) is 23.9 Å². The van der Waals surface area contributed by atoms with Gasteiger partial charge in [-0.15, -0.1) is 0 Å². The molecule has 1 saturated heterocycles. The van der Waals surface area contributed by atoms with Crippen molar-refractivity contribution in [1.82, 2.24) is 0 Å². The third kappa shape index (κ3) is 4.06. The second-order valence-corrected chi connectivity index (χ2v) is 7.18. The first-order valence-electron chi connectivity index (χ1n) is 9.29. The van der Waals surface area contributed by atoms with Crippen LogP contribution in [0.2, 0.25) is 0 Å². The number of hydrogen-bond donors (Lipinski definition) is 1. The molecule has 28 heavy (non-hydrogen) atoms. The van der Waals surface area contributed by atoms with Gasteiger partial charge >= 0.3 is 5.97 Å². The number of nitrogens with one attached hydrogen (secondary N) is 1. The summed E-state index contributed by atoms with van der Waals surface area (Å²) in [7, 11) is 1.30. The van der Waals surface area contributed by atoms with Crippen LogP contribution < -0.4 is 10.2 Å². The van der Waals surface area contributed by atoms with E-state index >= 15 is 0 Å². The molecule has 146 valence electrons. The number of nitrogens with zero attached hydrogens (tertiary/aromatic N) is 1. The average Bonchev–Trinajstić information content (AvgIpc) is 3.09. The Hall–Kier alpha value is -3.15. The molecule has 3 rings (SSSR count). The molecule has 2 aromatic carbocycles. The van der Waals surface area contributed by atoms with Gasteiger partial charge in [-0.05, 0) is 35.7 Å². The van der Waals surface area contributed by atoms with E-state index < -0.39 is 11.9 Å². The molecule has 1 aliphatic heterocycles. The Morgan fingerprint density at radius 1 is 1.11 bits per heavy atom. The van der Waals surface area contributed by atoms with Crippen LogP contribution in [0.3, 0.4) is 0 Å². The van der Waals surface area contributed by atoms with Gasteiger partial charge in [-0.3, -0.25) is 9.59 Å². The molecule has 0 saturated carbocycles. The number of hydrogen-bond acceptors (Lipinski definition) is 4. The fourth-order valence-corrected chi connectivity index (χ4v) is 3.30.